The number of carboxylic acids is 1. The summed E-state index contributed by atoms with van der Waals surface area (Å²) in [7, 11) is 0. The minimum atomic E-state index is -0.676. The Bertz CT molecular complexity index is 267. The summed E-state index contributed by atoms with van der Waals surface area (Å²) >= 11 is 0. The molecule has 0 aliphatic carbocycles. The molecule has 0 aromatic rings. The van der Waals surface area contributed by atoms with Gasteiger partial charge in [0, 0.05) is 6.42 Å². The Balaban J connectivity index is 3.20. The zero-order chi connectivity index (χ0) is 14.9. The van der Waals surface area contributed by atoms with E-state index >= 15 is 0 Å². The third-order valence-corrected chi connectivity index (χ3v) is 3.37. The van der Waals surface area contributed by atoms with Crippen molar-refractivity contribution in [3.05, 3.63) is 24.3 Å². The summed E-state index contributed by atoms with van der Waals surface area (Å²) in [6.07, 6.45) is 22.3. The lowest BCUT2D eigenvalue weighted by atomic mass is 10.1. The van der Waals surface area contributed by atoms with Crippen LogP contribution in [0.25, 0.3) is 0 Å². The highest BCUT2D eigenvalue weighted by atomic mass is 16.4. The molecule has 0 fully saturated rings. The molecule has 0 radical (unpaired) electrons. The first-order valence-electron chi connectivity index (χ1n) is 8.30. The maximum Gasteiger partial charge on any atom is 0.303 e. The molecule has 0 aliphatic heterocycles. The largest absolute Gasteiger partial charge is 0.481 e. The number of hydrogen-bond donors (Lipinski definition) is 1. The van der Waals surface area contributed by atoms with Crippen molar-refractivity contribution in [3.63, 3.8) is 0 Å². The Morgan fingerprint density at radius 2 is 1.30 bits per heavy atom. The van der Waals surface area contributed by atoms with E-state index in [9.17, 15) is 4.79 Å². The van der Waals surface area contributed by atoms with Crippen molar-refractivity contribution in [2.75, 3.05) is 0 Å². The van der Waals surface area contributed by atoms with Crippen LogP contribution in [-0.4, -0.2) is 11.1 Å². The monoisotopic (exact) mass is 280 g/mol. The van der Waals surface area contributed by atoms with Crippen LogP contribution in [0.3, 0.4) is 0 Å². The van der Waals surface area contributed by atoms with Crippen LogP contribution >= 0.6 is 0 Å². The van der Waals surface area contributed by atoms with Crippen LogP contribution in [0.1, 0.15) is 84.0 Å². The number of carboxylic acid groups (broad SMARTS) is 1. The molecule has 0 spiro atoms. The molecule has 0 aliphatic rings. The number of hydrogen-bond acceptors (Lipinski definition) is 1. The fourth-order valence-corrected chi connectivity index (χ4v) is 2.11. The van der Waals surface area contributed by atoms with Gasteiger partial charge in [-0.3, -0.25) is 4.79 Å². The molecule has 0 saturated heterocycles. The number of aliphatic carboxylic acids is 1. The lowest BCUT2D eigenvalue weighted by Gasteiger charge is -1.96. The van der Waals surface area contributed by atoms with Crippen molar-refractivity contribution in [1.29, 1.82) is 0 Å². The average Bonchev–Trinajstić information content (AvgIpc) is 2.43. The molecular weight excluding hydrogens is 248 g/mol. The third kappa shape index (κ3) is 16.9. The Morgan fingerprint density at radius 3 is 1.80 bits per heavy atom. The molecule has 0 rings (SSSR count). The number of unbranched alkanes of at least 4 members (excludes halogenated alkanes) is 9. The molecule has 0 unspecified atom stereocenters. The molecule has 0 amide bonds. The van der Waals surface area contributed by atoms with E-state index in [2.05, 4.69) is 31.2 Å². The Hall–Kier alpha value is -1.05. The Labute approximate surface area is 125 Å². The highest BCUT2D eigenvalue weighted by molar-refractivity contribution is 5.66. The first kappa shape index (κ1) is 18.9. The Kier molecular flexibility index (Phi) is 15.2. The molecule has 0 atom stereocenters. The normalized spacial score (nSPS) is 11.7. The SMILES string of the molecule is CCCCCCC/C=C/C=C\CCCCCCC(=O)O. The third-order valence-electron chi connectivity index (χ3n) is 3.37. The minimum Gasteiger partial charge on any atom is -0.481 e. The summed E-state index contributed by atoms with van der Waals surface area (Å²) in [4.78, 5) is 10.3. The highest BCUT2D eigenvalue weighted by Crippen LogP contribution is 2.07. The number of allylic oxidation sites excluding steroid dienone is 4. The maximum atomic E-state index is 10.3. The standard InChI is InChI=1S/C18H32O2/c1-2-3-4-5-6-7-8-9-10-11-12-13-14-15-16-17-18(19)20/h8-11H,2-7,12-17H2,1H3,(H,19,20)/b9-8+,11-10-. The molecule has 0 aromatic heterocycles. The van der Waals surface area contributed by atoms with Gasteiger partial charge in [-0.2, -0.15) is 0 Å². The summed E-state index contributed by atoms with van der Waals surface area (Å²) in [5, 5.41) is 8.50. The molecule has 2 heteroatoms. The molecule has 116 valence electrons. The predicted octanol–water partition coefficient (Wildman–Crippen LogP) is 5.88. The van der Waals surface area contributed by atoms with Crippen molar-refractivity contribution in [2.24, 2.45) is 0 Å². The van der Waals surface area contributed by atoms with Gasteiger partial charge >= 0.3 is 5.97 Å². The van der Waals surface area contributed by atoms with Crippen LogP contribution in [0.2, 0.25) is 0 Å². The van der Waals surface area contributed by atoms with Crippen LogP contribution in [0, 0.1) is 0 Å². The van der Waals surface area contributed by atoms with E-state index < -0.39 is 5.97 Å². The predicted molar refractivity (Wildman–Crippen MR) is 87.0 cm³/mol. The van der Waals surface area contributed by atoms with Gasteiger partial charge in [0.25, 0.3) is 0 Å². The lowest BCUT2D eigenvalue weighted by Crippen LogP contribution is -1.93. The van der Waals surface area contributed by atoms with Crippen LogP contribution in [0.4, 0.5) is 0 Å². The summed E-state index contributed by atoms with van der Waals surface area (Å²) < 4.78 is 0. The van der Waals surface area contributed by atoms with E-state index in [-0.39, 0.29) is 0 Å². The number of carbonyl (C=O) groups is 1. The number of rotatable bonds is 14. The van der Waals surface area contributed by atoms with Crippen LogP contribution in [-0.2, 0) is 4.79 Å². The van der Waals surface area contributed by atoms with Crippen LogP contribution < -0.4 is 0 Å². The fraction of sp³-hybridized carbons (Fsp3) is 0.722. The topological polar surface area (TPSA) is 37.3 Å². The van der Waals surface area contributed by atoms with Crippen LogP contribution in [0.5, 0.6) is 0 Å². The second kappa shape index (κ2) is 16.0. The smallest absolute Gasteiger partial charge is 0.303 e. The molecule has 20 heavy (non-hydrogen) atoms. The van der Waals surface area contributed by atoms with E-state index in [1.165, 1.54) is 44.9 Å². The highest BCUT2D eigenvalue weighted by Gasteiger charge is 1.95. The van der Waals surface area contributed by atoms with Crippen molar-refractivity contribution < 1.29 is 9.90 Å². The van der Waals surface area contributed by atoms with Gasteiger partial charge in [-0.25, -0.2) is 0 Å². The minimum absolute atomic E-state index is 0.316. The first-order chi connectivity index (χ1) is 9.77. The van der Waals surface area contributed by atoms with Crippen molar-refractivity contribution in [1.82, 2.24) is 0 Å². The summed E-state index contributed by atoms with van der Waals surface area (Å²) in [6, 6.07) is 0. The quantitative estimate of drug-likeness (QED) is 0.318. The van der Waals surface area contributed by atoms with Crippen molar-refractivity contribution in [2.45, 2.75) is 84.0 Å². The van der Waals surface area contributed by atoms with E-state index in [4.69, 9.17) is 5.11 Å². The lowest BCUT2D eigenvalue weighted by molar-refractivity contribution is -0.137. The van der Waals surface area contributed by atoms with Crippen molar-refractivity contribution in [3.8, 4) is 0 Å². The Morgan fingerprint density at radius 1 is 0.800 bits per heavy atom. The van der Waals surface area contributed by atoms with E-state index in [1.807, 2.05) is 0 Å². The van der Waals surface area contributed by atoms with Gasteiger partial charge in [0.1, 0.15) is 0 Å². The molecule has 1 N–H and O–H groups in total. The second-order valence-electron chi connectivity index (χ2n) is 5.41. The maximum absolute atomic E-state index is 10.3. The molecular formula is C18H32O2. The second-order valence-corrected chi connectivity index (χ2v) is 5.41. The molecule has 0 heterocycles. The average molecular weight is 280 g/mol. The van der Waals surface area contributed by atoms with Gasteiger partial charge in [0.05, 0.1) is 0 Å². The van der Waals surface area contributed by atoms with Gasteiger partial charge in [0.15, 0.2) is 0 Å². The van der Waals surface area contributed by atoms with Gasteiger partial charge in [0.2, 0.25) is 0 Å². The zero-order valence-corrected chi connectivity index (χ0v) is 13.2. The van der Waals surface area contributed by atoms with Crippen molar-refractivity contribution >= 4 is 5.97 Å². The summed E-state index contributed by atoms with van der Waals surface area (Å²) in [5.41, 5.74) is 0. The first-order valence-corrected chi connectivity index (χ1v) is 8.30. The molecule has 0 bridgehead atoms. The zero-order valence-electron chi connectivity index (χ0n) is 13.2. The van der Waals surface area contributed by atoms with Crippen LogP contribution in [0.15, 0.2) is 24.3 Å². The van der Waals surface area contributed by atoms with Gasteiger partial charge in [-0.1, -0.05) is 69.8 Å². The molecule has 2 nitrogen and oxygen atoms in total. The summed E-state index contributed by atoms with van der Waals surface area (Å²) in [6.45, 7) is 2.25. The van der Waals surface area contributed by atoms with E-state index in [0.29, 0.717) is 6.42 Å². The molecule has 0 saturated carbocycles. The van der Waals surface area contributed by atoms with E-state index in [1.54, 1.807) is 0 Å². The molecule has 0 aromatic carbocycles. The fourth-order valence-electron chi connectivity index (χ4n) is 2.11. The van der Waals surface area contributed by atoms with Gasteiger partial charge < -0.3 is 5.11 Å². The van der Waals surface area contributed by atoms with Gasteiger partial charge in [-0.05, 0) is 32.1 Å². The van der Waals surface area contributed by atoms with Gasteiger partial charge in [-0.15, -0.1) is 0 Å². The summed E-state index contributed by atoms with van der Waals surface area (Å²) in [5.74, 6) is -0.676. The van der Waals surface area contributed by atoms with E-state index in [0.717, 1.165) is 25.7 Å².